The van der Waals surface area contributed by atoms with Crippen LogP contribution >= 0.6 is 11.6 Å². The van der Waals surface area contributed by atoms with Gasteiger partial charge in [0.1, 0.15) is 5.82 Å². The van der Waals surface area contributed by atoms with E-state index in [4.69, 9.17) is 11.6 Å². The Morgan fingerprint density at radius 2 is 2.41 bits per heavy atom. The van der Waals surface area contributed by atoms with Gasteiger partial charge in [0, 0.05) is 18.3 Å². The molecule has 17 heavy (non-hydrogen) atoms. The maximum atomic E-state index is 13.0. The van der Waals surface area contributed by atoms with Gasteiger partial charge in [-0.15, -0.1) is 0 Å². The van der Waals surface area contributed by atoms with Gasteiger partial charge in [0.05, 0.1) is 5.02 Å². The van der Waals surface area contributed by atoms with Gasteiger partial charge in [-0.2, -0.15) is 0 Å². The second-order valence-electron chi connectivity index (χ2n) is 4.28. The molecule has 1 heterocycles. The van der Waals surface area contributed by atoms with E-state index in [1.807, 2.05) is 0 Å². The molecule has 0 aromatic heterocycles. The van der Waals surface area contributed by atoms with Crippen molar-refractivity contribution in [1.82, 2.24) is 10.6 Å². The predicted octanol–water partition coefficient (Wildman–Crippen LogP) is 2.83. The average molecular weight is 255 g/mol. The summed E-state index contributed by atoms with van der Waals surface area (Å²) in [6, 6.07) is 5.10. The minimum atomic E-state index is -0.383. The summed E-state index contributed by atoms with van der Waals surface area (Å²) in [5, 5.41) is 6.78. The molecule has 1 atom stereocenters. The number of nitrogens with one attached hydrogen (secondary N) is 2. The molecule has 0 bridgehead atoms. The van der Waals surface area contributed by atoms with Crippen LogP contribution < -0.4 is 10.6 Å². The van der Waals surface area contributed by atoms with Crippen molar-refractivity contribution in [2.75, 3.05) is 6.54 Å². The fourth-order valence-corrected chi connectivity index (χ4v) is 2.17. The number of rotatable bonds is 4. The lowest BCUT2D eigenvalue weighted by Gasteiger charge is -2.16. The van der Waals surface area contributed by atoms with E-state index < -0.39 is 0 Å². The van der Waals surface area contributed by atoms with E-state index >= 15 is 0 Å². The van der Waals surface area contributed by atoms with Crippen molar-refractivity contribution in [3.8, 4) is 0 Å². The van der Waals surface area contributed by atoms with Gasteiger partial charge in [-0.1, -0.05) is 24.2 Å². The Kier molecular flexibility index (Phi) is 4.02. The van der Waals surface area contributed by atoms with Crippen molar-refractivity contribution in [3.63, 3.8) is 0 Å². The normalized spacial score (nSPS) is 19.3. The number of halogens is 2. The topological polar surface area (TPSA) is 24.1 Å². The van der Waals surface area contributed by atoms with Crippen molar-refractivity contribution in [3.05, 3.63) is 46.9 Å². The summed E-state index contributed by atoms with van der Waals surface area (Å²) in [6.45, 7) is 5.68. The van der Waals surface area contributed by atoms with Gasteiger partial charge in [-0.05, 0) is 37.1 Å². The highest BCUT2D eigenvalue weighted by atomic mass is 35.5. The monoisotopic (exact) mass is 254 g/mol. The molecule has 0 saturated carbocycles. The molecule has 1 saturated heterocycles. The lowest BCUT2D eigenvalue weighted by Crippen LogP contribution is -2.30. The quantitative estimate of drug-likeness (QED) is 0.864. The highest BCUT2D eigenvalue weighted by Crippen LogP contribution is 2.16. The van der Waals surface area contributed by atoms with Crippen LogP contribution in [0.15, 0.2) is 30.5 Å². The molecule has 0 aliphatic carbocycles. The van der Waals surface area contributed by atoms with Crippen LogP contribution in [0.2, 0.25) is 5.02 Å². The molecule has 1 aliphatic rings. The number of hydrogen-bond donors (Lipinski definition) is 2. The number of hydrogen-bond acceptors (Lipinski definition) is 2. The molecule has 1 fully saturated rings. The summed E-state index contributed by atoms with van der Waals surface area (Å²) < 4.78 is 13.0. The smallest absolute Gasteiger partial charge is 0.141 e. The van der Waals surface area contributed by atoms with Crippen LogP contribution in [0.4, 0.5) is 4.39 Å². The van der Waals surface area contributed by atoms with E-state index in [2.05, 4.69) is 17.2 Å². The first-order valence-corrected chi connectivity index (χ1v) is 6.14. The Labute approximate surface area is 106 Å². The molecule has 2 rings (SSSR count). The highest BCUT2D eigenvalue weighted by Gasteiger charge is 2.16. The third kappa shape index (κ3) is 3.20. The van der Waals surface area contributed by atoms with E-state index in [-0.39, 0.29) is 10.8 Å². The van der Waals surface area contributed by atoms with Gasteiger partial charge in [0.2, 0.25) is 0 Å². The summed E-state index contributed by atoms with van der Waals surface area (Å²) >= 11 is 5.72. The minimum Gasteiger partial charge on any atom is -0.383 e. The van der Waals surface area contributed by atoms with Crippen LogP contribution in [0.25, 0.3) is 0 Å². The van der Waals surface area contributed by atoms with E-state index in [9.17, 15) is 4.39 Å². The van der Waals surface area contributed by atoms with Crippen LogP contribution in [0.1, 0.15) is 18.4 Å². The zero-order valence-electron chi connectivity index (χ0n) is 9.60. The first-order chi connectivity index (χ1) is 8.16. The largest absolute Gasteiger partial charge is 0.383 e. The fraction of sp³-hybridized carbons (Fsp3) is 0.385. The van der Waals surface area contributed by atoms with E-state index in [0.717, 1.165) is 24.2 Å². The first kappa shape index (κ1) is 12.4. The lowest BCUT2D eigenvalue weighted by molar-refractivity contribution is 0.616. The van der Waals surface area contributed by atoms with Crippen molar-refractivity contribution in [1.29, 1.82) is 0 Å². The van der Waals surface area contributed by atoms with Gasteiger partial charge in [-0.25, -0.2) is 4.39 Å². The Morgan fingerprint density at radius 1 is 1.59 bits per heavy atom. The van der Waals surface area contributed by atoms with E-state index in [1.54, 1.807) is 12.1 Å². The van der Waals surface area contributed by atoms with Crippen molar-refractivity contribution >= 4 is 11.6 Å². The lowest BCUT2D eigenvalue weighted by atomic mass is 10.1. The molecule has 0 amide bonds. The molecule has 1 aromatic rings. The highest BCUT2D eigenvalue weighted by molar-refractivity contribution is 6.30. The summed E-state index contributed by atoms with van der Waals surface area (Å²) in [5.74, 6) is -0.383. The molecular weight excluding hydrogens is 239 g/mol. The standard InChI is InChI=1S/C13H16ClFN2/c1-9(13-3-2-6-16-13)17-8-10-4-5-12(15)11(14)7-10/h4-5,7,13,16-17H,1-3,6,8H2/t13-/m0/s1. The minimum absolute atomic E-state index is 0.161. The molecule has 2 N–H and O–H groups in total. The van der Waals surface area contributed by atoms with Crippen LogP contribution in [0.3, 0.4) is 0 Å². The predicted molar refractivity (Wildman–Crippen MR) is 68.4 cm³/mol. The molecule has 1 aliphatic heterocycles. The molecule has 2 nitrogen and oxygen atoms in total. The van der Waals surface area contributed by atoms with Gasteiger partial charge in [-0.3, -0.25) is 0 Å². The molecule has 0 spiro atoms. The Hall–Kier alpha value is -1.06. The van der Waals surface area contributed by atoms with Crippen LogP contribution in [0.5, 0.6) is 0 Å². The van der Waals surface area contributed by atoms with E-state index in [1.165, 1.54) is 12.5 Å². The summed E-state index contributed by atoms with van der Waals surface area (Å²) in [5.41, 5.74) is 1.94. The molecule has 0 unspecified atom stereocenters. The Balaban J connectivity index is 1.88. The van der Waals surface area contributed by atoms with Gasteiger partial charge < -0.3 is 10.6 Å². The SMILES string of the molecule is C=C(NCc1ccc(F)c(Cl)c1)[C@@H]1CCCN1. The summed E-state index contributed by atoms with van der Waals surface area (Å²) in [4.78, 5) is 0. The third-order valence-corrected chi connectivity index (χ3v) is 3.27. The zero-order chi connectivity index (χ0) is 12.3. The van der Waals surface area contributed by atoms with Crippen LogP contribution in [0, 0.1) is 5.82 Å². The third-order valence-electron chi connectivity index (χ3n) is 2.98. The van der Waals surface area contributed by atoms with Crippen molar-refractivity contribution in [2.24, 2.45) is 0 Å². The van der Waals surface area contributed by atoms with Crippen molar-refractivity contribution in [2.45, 2.75) is 25.4 Å². The summed E-state index contributed by atoms with van der Waals surface area (Å²) in [7, 11) is 0. The van der Waals surface area contributed by atoms with Gasteiger partial charge >= 0.3 is 0 Å². The van der Waals surface area contributed by atoms with Crippen LogP contribution in [-0.2, 0) is 6.54 Å². The Bertz CT molecular complexity index is 414. The molecule has 4 heteroatoms. The molecule has 1 aromatic carbocycles. The second-order valence-corrected chi connectivity index (χ2v) is 4.68. The summed E-state index contributed by atoms with van der Waals surface area (Å²) in [6.07, 6.45) is 2.31. The fourth-order valence-electron chi connectivity index (χ4n) is 1.97. The van der Waals surface area contributed by atoms with Crippen molar-refractivity contribution < 1.29 is 4.39 Å². The first-order valence-electron chi connectivity index (χ1n) is 5.77. The molecule has 92 valence electrons. The van der Waals surface area contributed by atoms with Gasteiger partial charge in [0.15, 0.2) is 0 Å². The zero-order valence-corrected chi connectivity index (χ0v) is 10.4. The average Bonchev–Trinajstić information content (AvgIpc) is 2.84. The van der Waals surface area contributed by atoms with Gasteiger partial charge in [0.25, 0.3) is 0 Å². The van der Waals surface area contributed by atoms with E-state index in [0.29, 0.717) is 12.6 Å². The molecular formula is C13H16ClFN2. The second kappa shape index (κ2) is 5.52. The number of benzene rings is 1. The van der Waals surface area contributed by atoms with Crippen LogP contribution in [-0.4, -0.2) is 12.6 Å². The maximum Gasteiger partial charge on any atom is 0.141 e. The maximum absolute atomic E-state index is 13.0. The Morgan fingerprint density at radius 3 is 3.06 bits per heavy atom. The molecule has 0 radical (unpaired) electrons.